The molecule has 0 aliphatic heterocycles. The van der Waals surface area contributed by atoms with Gasteiger partial charge in [-0.1, -0.05) is 108 Å². The van der Waals surface area contributed by atoms with Crippen LogP contribution >= 0.6 is 0 Å². The van der Waals surface area contributed by atoms with Crippen molar-refractivity contribution in [1.82, 2.24) is 19.3 Å². The topological polar surface area (TPSA) is 44.9 Å². The van der Waals surface area contributed by atoms with Crippen molar-refractivity contribution in [2.75, 3.05) is 0 Å². The molecule has 0 aliphatic carbocycles. The Balaban J connectivity index is 1.22. The van der Waals surface area contributed by atoms with Crippen LogP contribution in [0.2, 0.25) is 0 Å². The molecule has 0 radical (unpaired) electrons. The Kier molecular flexibility index (Phi) is 9.03. The number of benzene rings is 5. The predicted octanol–water partition coefficient (Wildman–Crippen LogP) is 13.6. The Morgan fingerprint density at radius 3 is 2.02 bits per heavy atom. The molecule has 5 heteroatoms. The number of aromatic nitrogens is 4. The Hall–Kier alpha value is -5.94. The van der Waals surface area contributed by atoms with Gasteiger partial charge < -0.3 is 4.74 Å². The highest BCUT2D eigenvalue weighted by atomic mass is 16.5. The van der Waals surface area contributed by atoms with Gasteiger partial charge in [0.2, 0.25) is 0 Å². The third-order valence-electron chi connectivity index (χ3n) is 11.1. The highest BCUT2D eigenvalue weighted by Gasteiger charge is 2.24. The first-order chi connectivity index (χ1) is 26.6. The lowest BCUT2D eigenvalue weighted by molar-refractivity contribution is 0.482. The third kappa shape index (κ3) is 6.59. The summed E-state index contributed by atoms with van der Waals surface area (Å²) in [5.41, 5.74) is 16.4. The molecular formula is C51H52N4O. The van der Waals surface area contributed by atoms with E-state index in [1.54, 1.807) is 0 Å². The van der Waals surface area contributed by atoms with E-state index in [4.69, 9.17) is 14.8 Å². The maximum absolute atomic E-state index is 6.68. The van der Waals surface area contributed by atoms with Crippen molar-refractivity contribution in [1.29, 1.82) is 0 Å². The number of nitrogens with zero attached hydrogens (tertiary/aromatic N) is 4. The van der Waals surface area contributed by atoms with Gasteiger partial charge in [-0.05, 0) is 121 Å². The van der Waals surface area contributed by atoms with E-state index in [2.05, 4.69) is 184 Å². The third-order valence-corrected chi connectivity index (χ3v) is 11.1. The highest BCUT2D eigenvalue weighted by Crippen LogP contribution is 2.40. The fraction of sp³-hybridized carbons (Fsp3) is 0.255. The minimum absolute atomic E-state index is 0.0370. The normalized spacial score (nSPS) is 12.2. The number of hydrogen-bond acceptors (Lipinski definition) is 3. The summed E-state index contributed by atoms with van der Waals surface area (Å²) in [5, 5.41) is 7.36. The van der Waals surface area contributed by atoms with Crippen molar-refractivity contribution in [3.8, 4) is 45.3 Å². The number of pyridine rings is 1. The van der Waals surface area contributed by atoms with Gasteiger partial charge in [-0.25, -0.2) is 9.67 Å². The van der Waals surface area contributed by atoms with Crippen molar-refractivity contribution in [3.63, 3.8) is 0 Å². The molecule has 3 aromatic heterocycles. The molecule has 0 bridgehead atoms. The van der Waals surface area contributed by atoms with E-state index < -0.39 is 0 Å². The van der Waals surface area contributed by atoms with E-state index in [-0.39, 0.29) is 10.8 Å². The second-order valence-electron chi connectivity index (χ2n) is 17.5. The highest BCUT2D eigenvalue weighted by molar-refractivity contribution is 6.09. The van der Waals surface area contributed by atoms with Crippen LogP contribution in [0.3, 0.4) is 0 Å². The van der Waals surface area contributed by atoms with Crippen molar-refractivity contribution in [2.24, 2.45) is 0 Å². The Morgan fingerprint density at radius 2 is 1.29 bits per heavy atom. The van der Waals surface area contributed by atoms with Crippen LogP contribution in [0.4, 0.5) is 0 Å². The summed E-state index contributed by atoms with van der Waals surface area (Å²) in [7, 11) is 0. The number of rotatable bonds is 6. The lowest BCUT2D eigenvalue weighted by Gasteiger charge is -2.25. The molecule has 0 spiro atoms. The summed E-state index contributed by atoms with van der Waals surface area (Å²) in [4.78, 5) is 5.17. The molecule has 56 heavy (non-hydrogen) atoms. The number of aryl methyl sites for hydroxylation is 4. The van der Waals surface area contributed by atoms with Crippen LogP contribution in [0, 0.1) is 34.6 Å². The van der Waals surface area contributed by atoms with Gasteiger partial charge >= 0.3 is 0 Å². The van der Waals surface area contributed by atoms with Crippen LogP contribution < -0.4 is 4.74 Å². The standard InChI is InChI=1S/C51H52N4O/c1-31-24-32(2)48(33(3)25-31)49-34(4)53-55(35(49)5)38-18-15-19-39(27-38)56-40-22-23-42-41-20-12-13-21-45(41)54(46(42)28-40)47-29-43(44(30-52-47)51(9,10)11)36-16-14-17-37(26-36)50(6,7)8/h12-30H,1-11H3. The molecule has 5 aromatic carbocycles. The minimum atomic E-state index is -0.0947. The molecule has 8 aromatic rings. The van der Waals surface area contributed by atoms with Crippen molar-refractivity contribution in [3.05, 3.63) is 155 Å². The minimum Gasteiger partial charge on any atom is -0.457 e. The second-order valence-corrected chi connectivity index (χ2v) is 17.5. The molecule has 0 saturated heterocycles. The number of ether oxygens (including phenoxy) is 1. The molecule has 0 fully saturated rings. The molecule has 282 valence electrons. The molecular weight excluding hydrogens is 685 g/mol. The summed E-state index contributed by atoms with van der Waals surface area (Å²) >= 11 is 0. The van der Waals surface area contributed by atoms with Gasteiger partial charge in [0.15, 0.2) is 0 Å². The van der Waals surface area contributed by atoms with Crippen LogP contribution in [0.5, 0.6) is 11.5 Å². The van der Waals surface area contributed by atoms with Gasteiger partial charge in [-0.15, -0.1) is 0 Å². The molecule has 0 saturated carbocycles. The molecule has 8 rings (SSSR count). The molecule has 3 heterocycles. The van der Waals surface area contributed by atoms with Gasteiger partial charge in [0.05, 0.1) is 22.4 Å². The van der Waals surface area contributed by atoms with E-state index in [1.165, 1.54) is 55.5 Å². The zero-order valence-electron chi connectivity index (χ0n) is 34.7. The van der Waals surface area contributed by atoms with E-state index in [0.717, 1.165) is 50.8 Å². The largest absolute Gasteiger partial charge is 0.457 e. The van der Waals surface area contributed by atoms with E-state index in [1.807, 2.05) is 16.8 Å². The van der Waals surface area contributed by atoms with Crippen LogP contribution in [0.1, 0.15) is 80.7 Å². The number of hydrogen-bond donors (Lipinski definition) is 0. The SMILES string of the molecule is Cc1cc(C)c(-c2c(C)nn(-c3cccc(Oc4ccc5c6ccccc6n(-c6cc(-c7cccc(C(C)(C)C)c7)c(C(C)(C)C)cn6)c5c4)c3)c2C)c(C)c1. The van der Waals surface area contributed by atoms with Crippen LogP contribution in [-0.2, 0) is 10.8 Å². The second kappa shape index (κ2) is 13.7. The van der Waals surface area contributed by atoms with E-state index >= 15 is 0 Å². The molecule has 0 unspecified atom stereocenters. The van der Waals surface area contributed by atoms with Crippen LogP contribution in [0.15, 0.2) is 115 Å². The maximum Gasteiger partial charge on any atom is 0.138 e. The lowest BCUT2D eigenvalue weighted by Crippen LogP contribution is -2.15. The van der Waals surface area contributed by atoms with Crippen molar-refractivity contribution >= 4 is 21.8 Å². The lowest BCUT2D eigenvalue weighted by atomic mass is 9.81. The first-order valence-corrected chi connectivity index (χ1v) is 19.7. The maximum atomic E-state index is 6.68. The summed E-state index contributed by atoms with van der Waals surface area (Å²) in [6, 6.07) is 38.9. The monoisotopic (exact) mass is 736 g/mol. The van der Waals surface area contributed by atoms with Gasteiger partial charge in [0.1, 0.15) is 17.3 Å². The zero-order chi connectivity index (χ0) is 39.7. The number of para-hydroxylation sites is 1. The van der Waals surface area contributed by atoms with Gasteiger partial charge in [0, 0.05) is 40.4 Å². The predicted molar refractivity (Wildman–Crippen MR) is 234 cm³/mol. The van der Waals surface area contributed by atoms with Crippen LogP contribution in [-0.4, -0.2) is 19.3 Å². The van der Waals surface area contributed by atoms with Crippen molar-refractivity contribution in [2.45, 2.75) is 87.0 Å². The summed E-state index contributed by atoms with van der Waals surface area (Å²) in [6.07, 6.45) is 2.08. The average molecular weight is 737 g/mol. The average Bonchev–Trinajstić information content (AvgIpc) is 3.63. The molecule has 0 N–H and O–H groups in total. The summed E-state index contributed by atoms with van der Waals surface area (Å²) in [6.45, 7) is 24.4. The fourth-order valence-electron chi connectivity index (χ4n) is 8.46. The number of fused-ring (bicyclic) bond motifs is 3. The smallest absolute Gasteiger partial charge is 0.138 e. The molecule has 0 aliphatic rings. The van der Waals surface area contributed by atoms with Gasteiger partial charge in [0.25, 0.3) is 0 Å². The molecule has 0 amide bonds. The van der Waals surface area contributed by atoms with Crippen LogP contribution in [0.25, 0.3) is 55.6 Å². The first-order valence-electron chi connectivity index (χ1n) is 19.7. The van der Waals surface area contributed by atoms with E-state index in [0.29, 0.717) is 0 Å². The Morgan fingerprint density at radius 1 is 0.589 bits per heavy atom. The van der Waals surface area contributed by atoms with Gasteiger partial charge in [-0.3, -0.25) is 4.57 Å². The van der Waals surface area contributed by atoms with Gasteiger partial charge in [-0.2, -0.15) is 5.10 Å². The molecule has 5 nitrogen and oxygen atoms in total. The zero-order valence-corrected chi connectivity index (χ0v) is 34.7. The Bertz CT molecular complexity index is 2780. The quantitative estimate of drug-likeness (QED) is 0.171. The Labute approximate surface area is 331 Å². The van der Waals surface area contributed by atoms with E-state index in [9.17, 15) is 0 Å². The fourth-order valence-corrected chi connectivity index (χ4v) is 8.46. The van der Waals surface area contributed by atoms with Crippen molar-refractivity contribution < 1.29 is 4.74 Å². The summed E-state index contributed by atoms with van der Waals surface area (Å²) in [5.74, 6) is 2.37. The molecule has 0 atom stereocenters. The summed E-state index contributed by atoms with van der Waals surface area (Å²) < 4.78 is 11.0. The first kappa shape index (κ1) is 37.0.